The summed E-state index contributed by atoms with van der Waals surface area (Å²) in [6.07, 6.45) is 4.00. The van der Waals surface area contributed by atoms with Gasteiger partial charge in [0.2, 0.25) is 11.8 Å². The van der Waals surface area contributed by atoms with Crippen LogP contribution in [0.15, 0.2) is 0 Å². The second-order valence-electron chi connectivity index (χ2n) is 6.67. The lowest BCUT2D eigenvalue weighted by Crippen LogP contribution is -2.39. The van der Waals surface area contributed by atoms with Crippen molar-refractivity contribution in [3.05, 3.63) is 0 Å². The monoisotopic (exact) mass is 284 g/mol. The van der Waals surface area contributed by atoms with Gasteiger partial charge in [0, 0.05) is 30.8 Å². The van der Waals surface area contributed by atoms with E-state index in [1.807, 2.05) is 20.8 Å². The number of rotatable bonds is 5. The van der Waals surface area contributed by atoms with Gasteiger partial charge in [-0.15, -0.1) is 0 Å². The molecule has 0 radical (unpaired) electrons. The van der Waals surface area contributed by atoms with Crippen LogP contribution in [0, 0.1) is 11.3 Å². The Morgan fingerprint density at radius 1 is 1.15 bits per heavy atom. The van der Waals surface area contributed by atoms with Crippen LogP contribution in [-0.2, 0) is 9.59 Å². The molecule has 3 N–H and O–H groups in total. The molecule has 0 spiro atoms. The highest BCUT2D eigenvalue weighted by molar-refractivity contribution is 5.82. The molecule has 2 atom stereocenters. The van der Waals surface area contributed by atoms with Gasteiger partial charge in [0.25, 0.3) is 0 Å². The van der Waals surface area contributed by atoms with Crippen molar-refractivity contribution in [2.45, 2.75) is 59.0 Å². The largest absolute Gasteiger partial charge is 0.393 e. The van der Waals surface area contributed by atoms with E-state index in [0.29, 0.717) is 13.1 Å². The van der Waals surface area contributed by atoms with E-state index < -0.39 is 5.41 Å². The van der Waals surface area contributed by atoms with E-state index in [4.69, 9.17) is 0 Å². The Morgan fingerprint density at radius 3 is 2.40 bits per heavy atom. The zero-order valence-corrected chi connectivity index (χ0v) is 12.9. The van der Waals surface area contributed by atoms with Crippen LogP contribution in [0.2, 0.25) is 0 Å². The predicted octanol–water partition coefficient (Wildman–Crippen LogP) is 1.21. The van der Waals surface area contributed by atoms with Crippen molar-refractivity contribution in [3.8, 4) is 0 Å². The van der Waals surface area contributed by atoms with E-state index in [9.17, 15) is 14.7 Å². The molecule has 1 saturated carbocycles. The van der Waals surface area contributed by atoms with Gasteiger partial charge < -0.3 is 15.7 Å². The molecule has 0 aliphatic heterocycles. The maximum Gasteiger partial charge on any atom is 0.225 e. The van der Waals surface area contributed by atoms with Crippen molar-refractivity contribution < 1.29 is 14.7 Å². The molecule has 0 saturated heterocycles. The van der Waals surface area contributed by atoms with Crippen LogP contribution < -0.4 is 10.6 Å². The number of hydrogen-bond acceptors (Lipinski definition) is 3. The van der Waals surface area contributed by atoms with Crippen LogP contribution in [0.25, 0.3) is 0 Å². The van der Waals surface area contributed by atoms with Crippen molar-refractivity contribution in [3.63, 3.8) is 0 Å². The fourth-order valence-electron chi connectivity index (χ4n) is 2.31. The Balaban J connectivity index is 2.16. The zero-order valence-electron chi connectivity index (χ0n) is 12.9. The average Bonchev–Trinajstić information content (AvgIpc) is 2.36. The second-order valence-corrected chi connectivity index (χ2v) is 6.67. The summed E-state index contributed by atoms with van der Waals surface area (Å²) in [6, 6.07) is 0. The van der Waals surface area contributed by atoms with Gasteiger partial charge in [-0.25, -0.2) is 0 Å². The van der Waals surface area contributed by atoms with Crippen molar-refractivity contribution in [1.82, 2.24) is 10.6 Å². The summed E-state index contributed by atoms with van der Waals surface area (Å²) in [5.74, 6) is 0.0573. The quantitative estimate of drug-likeness (QED) is 0.710. The maximum atomic E-state index is 11.7. The minimum atomic E-state index is -0.428. The molecule has 20 heavy (non-hydrogen) atoms. The van der Waals surface area contributed by atoms with Gasteiger partial charge in [0.15, 0.2) is 0 Å². The molecule has 1 fully saturated rings. The molecule has 1 aliphatic rings. The van der Waals surface area contributed by atoms with Crippen molar-refractivity contribution in [2.24, 2.45) is 11.3 Å². The highest BCUT2D eigenvalue weighted by Gasteiger charge is 2.23. The summed E-state index contributed by atoms with van der Waals surface area (Å²) in [4.78, 5) is 23.3. The van der Waals surface area contributed by atoms with Crippen molar-refractivity contribution in [1.29, 1.82) is 0 Å². The molecule has 116 valence electrons. The van der Waals surface area contributed by atoms with E-state index in [-0.39, 0.29) is 30.3 Å². The molecular formula is C15H28N2O3. The van der Waals surface area contributed by atoms with Crippen LogP contribution >= 0.6 is 0 Å². The number of carbonyl (C=O) groups is 2. The molecule has 2 amide bonds. The smallest absolute Gasteiger partial charge is 0.225 e. The van der Waals surface area contributed by atoms with E-state index in [0.717, 1.165) is 25.7 Å². The average molecular weight is 284 g/mol. The van der Waals surface area contributed by atoms with Crippen molar-refractivity contribution >= 4 is 11.8 Å². The highest BCUT2D eigenvalue weighted by atomic mass is 16.3. The number of aliphatic hydroxyl groups excluding tert-OH is 1. The normalized spacial score (nSPS) is 23.2. The number of amides is 2. The summed E-state index contributed by atoms with van der Waals surface area (Å²) in [6.45, 7) is 6.41. The molecule has 0 heterocycles. The Hall–Kier alpha value is -1.10. The lowest BCUT2D eigenvalue weighted by Gasteiger charge is -2.27. The fourth-order valence-corrected chi connectivity index (χ4v) is 2.31. The zero-order chi connectivity index (χ0) is 15.2. The van der Waals surface area contributed by atoms with Gasteiger partial charge in [-0.2, -0.15) is 0 Å². The standard InChI is InChI=1S/C15H28N2O3/c1-15(2,3)14(20)16-9-8-13(19)17-10-11-6-4-5-7-12(11)18/h11-12,18H,4-10H2,1-3H3,(H,16,20)(H,17,19). The Morgan fingerprint density at radius 2 is 1.80 bits per heavy atom. The minimum Gasteiger partial charge on any atom is -0.393 e. The first kappa shape index (κ1) is 17.0. The number of nitrogens with one attached hydrogen (secondary N) is 2. The van der Waals surface area contributed by atoms with Crippen LogP contribution in [0.1, 0.15) is 52.9 Å². The van der Waals surface area contributed by atoms with Crippen LogP contribution in [0.3, 0.4) is 0 Å². The van der Waals surface area contributed by atoms with Crippen LogP contribution in [-0.4, -0.2) is 36.1 Å². The topological polar surface area (TPSA) is 78.4 Å². The summed E-state index contributed by atoms with van der Waals surface area (Å²) in [5, 5.41) is 15.4. The molecular weight excluding hydrogens is 256 g/mol. The molecule has 2 unspecified atom stereocenters. The third-order valence-electron chi connectivity index (χ3n) is 3.75. The third-order valence-corrected chi connectivity index (χ3v) is 3.75. The van der Waals surface area contributed by atoms with E-state index in [1.165, 1.54) is 0 Å². The van der Waals surface area contributed by atoms with Crippen molar-refractivity contribution in [2.75, 3.05) is 13.1 Å². The van der Waals surface area contributed by atoms with E-state index in [2.05, 4.69) is 10.6 Å². The minimum absolute atomic E-state index is 0.0481. The Kier molecular flexibility index (Phi) is 6.46. The van der Waals surface area contributed by atoms with Gasteiger partial charge >= 0.3 is 0 Å². The van der Waals surface area contributed by atoms with E-state index in [1.54, 1.807) is 0 Å². The fraction of sp³-hybridized carbons (Fsp3) is 0.867. The first-order valence-electron chi connectivity index (χ1n) is 7.54. The predicted molar refractivity (Wildman–Crippen MR) is 78.1 cm³/mol. The number of carbonyl (C=O) groups excluding carboxylic acids is 2. The summed E-state index contributed by atoms with van der Waals surface area (Å²) >= 11 is 0. The SMILES string of the molecule is CC(C)(C)C(=O)NCCC(=O)NCC1CCCCC1O. The number of aliphatic hydroxyl groups is 1. The third kappa shape index (κ3) is 5.90. The summed E-state index contributed by atoms with van der Waals surface area (Å²) in [5.41, 5.74) is -0.428. The summed E-state index contributed by atoms with van der Waals surface area (Å²) in [7, 11) is 0. The van der Waals surface area contributed by atoms with Gasteiger partial charge in [0.05, 0.1) is 6.10 Å². The lowest BCUT2D eigenvalue weighted by atomic mass is 9.86. The molecule has 0 aromatic rings. The lowest BCUT2D eigenvalue weighted by molar-refractivity contribution is -0.128. The molecule has 0 bridgehead atoms. The van der Waals surface area contributed by atoms with Gasteiger partial charge in [-0.05, 0) is 12.8 Å². The van der Waals surface area contributed by atoms with Crippen LogP contribution in [0.5, 0.6) is 0 Å². The second kappa shape index (κ2) is 7.62. The van der Waals surface area contributed by atoms with Crippen LogP contribution in [0.4, 0.5) is 0 Å². The van der Waals surface area contributed by atoms with Gasteiger partial charge in [0.1, 0.15) is 0 Å². The Bertz CT molecular complexity index is 337. The molecule has 1 rings (SSSR count). The number of hydrogen-bond donors (Lipinski definition) is 3. The molecule has 5 nitrogen and oxygen atoms in total. The van der Waals surface area contributed by atoms with E-state index >= 15 is 0 Å². The summed E-state index contributed by atoms with van der Waals surface area (Å²) < 4.78 is 0. The Labute approximate surface area is 121 Å². The molecule has 5 heteroatoms. The highest BCUT2D eigenvalue weighted by Crippen LogP contribution is 2.23. The molecule has 1 aliphatic carbocycles. The maximum absolute atomic E-state index is 11.7. The van der Waals surface area contributed by atoms with Gasteiger partial charge in [-0.1, -0.05) is 33.6 Å². The first-order chi connectivity index (χ1) is 9.30. The molecule has 0 aromatic heterocycles. The molecule has 0 aromatic carbocycles. The van der Waals surface area contributed by atoms with Gasteiger partial charge in [-0.3, -0.25) is 9.59 Å². The first-order valence-corrected chi connectivity index (χ1v) is 7.54.